The van der Waals surface area contributed by atoms with Crippen molar-refractivity contribution in [2.24, 2.45) is 17.3 Å². The normalized spacial score (nSPS) is 22.7. The van der Waals surface area contributed by atoms with Crippen LogP contribution in [0.15, 0.2) is 36.4 Å². The molecule has 2 fully saturated rings. The Bertz CT molecular complexity index is 977. The zero-order valence-corrected chi connectivity index (χ0v) is 19.5. The fourth-order valence-corrected chi connectivity index (χ4v) is 5.18. The summed E-state index contributed by atoms with van der Waals surface area (Å²) in [5.74, 6) is 0.545. The molecule has 1 saturated heterocycles. The van der Waals surface area contributed by atoms with Gasteiger partial charge < -0.3 is 14.7 Å². The number of amides is 1. The number of nitrogens with zero attached hydrogens (tertiary/aromatic N) is 1. The summed E-state index contributed by atoms with van der Waals surface area (Å²) < 4.78 is 6.30. The molecule has 0 spiro atoms. The summed E-state index contributed by atoms with van der Waals surface area (Å²) in [4.78, 5) is 25.8. The number of aliphatic carboxylic acids is 1. The molecule has 5 nitrogen and oxygen atoms in total. The van der Waals surface area contributed by atoms with Crippen LogP contribution >= 0.6 is 0 Å². The van der Waals surface area contributed by atoms with Gasteiger partial charge in [0.1, 0.15) is 5.75 Å². The zero-order valence-electron chi connectivity index (χ0n) is 19.5. The third-order valence-electron chi connectivity index (χ3n) is 7.39. The van der Waals surface area contributed by atoms with E-state index in [1.807, 2.05) is 30.3 Å². The number of rotatable bonds is 4. The van der Waals surface area contributed by atoms with Gasteiger partial charge >= 0.3 is 5.97 Å². The van der Waals surface area contributed by atoms with Crippen molar-refractivity contribution in [1.29, 1.82) is 0 Å². The van der Waals surface area contributed by atoms with Crippen molar-refractivity contribution in [2.45, 2.75) is 65.4 Å². The molecule has 0 bridgehead atoms. The van der Waals surface area contributed by atoms with Crippen LogP contribution in [0.3, 0.4) is 0 Å². The molecule has 1 heterocycles. The predicted molar refractivity (Wildman–Crippen MR) is 126 cm³/mol. The van der Waals surface area contributed by atoms with E-state index in [0.29, 0.717) is 36.9 Å². The first-order chi connectivity index (χ1) is 15.2. The van der Waals surface area contributed by atoms with Gasteiger partial charge in [0.2, 0.25) is 0 Å². The average molecular weight is 438 g/mol. The monoisotopic (exact) mass is 437 g/mol. The lowest BCUT2D eigenvalue weighted by molar-refractivity contribution is -0.143. The summed E-state index contributed by atoms with van der Waals surface area (Å²) >= 11 is 0. The highest BCUT2D eigenvalue weighted by Crippen LogP contribution is 2.39. The molecule has 1 aliphatic heterocycles. The van der Waals surface area contributed by atoms with E-state index >= 15 is 0 Å². The van der Waals surface area contributed by atoms with Crippen LogP contribution in [0.25, 0.3) is 10.8 Å². The average Bonchev–Trinajstić information content (AvgIpc) is 2.78. The molecule has 2 aromatic carbocycles. The molecule has 0 aromatic heterocycles. The minimum atomic E-state index is -0.761. The van der Waals surface area contributed by atoms with Gasteiger partial charge in [-0.25, -0.2) is 0 Å². The molecule has 0 atom stereocenters. The van der Waals surface area contributed by atoms with E-state index in [4.69, 9.17) is 9.84 Å². The van der Waals surface area contributed by atoms with Crippen LogP contribution in [0.4, 0.5) is 0 Å². The standard InChI is InChI=1S/C27H35NO4/c1-27(2,3)22-7-10-23(11-8-22)32-24-9-6-19-16-21(5-4-20(19)17-24)25(29)28-14-12-18(13-15-28)26(30)31/h4-6,9,16-18,22-23H,7-8,10-15H2,1-3H3,(H,30,31)/t22-,23-. The number of hydrogen-bond acceptors (Lipinski definition) is 3. The predicted octanol–water partition coefficient (Wildman–Crippen LogP) is 5.76. The fraction of sp³-hybridized carbons (Fsp3) is 0.556. The summed E-state index contributed by atoms with van der Waals surface area (Å²) in [6.07, 6.45) is 5.96. The smallest absolute Gasteiger partial charge is 0.306 e. The largest absolute Gasteiger partial charge is 0.490 e. The van der Waals surface area contributed by atoms with Gasteiger partial charge in [0.25, 0.3) is 5.91 Å². The number of ether oxygens (including phenoxy) is 1. The number of carbonyl (C=O) groups is 2. The van der Waals surface area contributed by atoms with E-state index in [1.165, 1.54) is 12.8 Å². The van der Waals surface area contributed by atoms with Crippen molar-refractivity contribution in [2.75, 3.05) is 13.1 Å². The molecule has 2 aromatic rings. The van der Waals surface area contributed by atoms with Crippen LogP contribution in [0.5, 0.6) is 5.75 Å². The molecule has 5 heteroatoms. The number of carboxylic acid groups (broad SMARTS) is 1. The molecule has 2 aliphatic rings. The minimum Gasteiger partial charge on any atom is -0.490 e. The molecule has 0 unspecified atom stereocenters. The summed E-state index contributed by atoms with van der Waals surface area (Å²) in [5.41, 5.74) is 1.02. The van der Waals surface area contributed by atoms with E-state index < -0.39 is 5.97 Å². The van der Waals surface area contributed by atoms with Crippen LogP contribution in [0.1, 0.15) is 69.7 Å². The van der Waals surface area contributed by atoms with Crippen LogP contribution in [0, 0.1) is 17.3 Å². The SMILES string of the molecule is CC(C)(C)[C@H]1CC[C@H](Oc2ccc3cc(C(=O)N4CCC(C(=O)O)CC4)ccc3c2)CC1. The lowest BCUT2D eigenvalue weighted by Crippen LogP contribution is -2.40. The molecule has 1 amide bonds. The number of carboxylic acids is 1. The van der Waals surface area contributed by atoms with Gasteiger partial charge in [-0.3, -0.25) is 9.59 Å². The summed E-state index contributed by atoms with van der Waals surface area (Å²) in [6.45, 7) is 7.99. The number of fused-ring (bicyclic) bond motifs is 1. The molecule has 0 radical (unpaired) electrons. The van der Waals surface area contributed by atoms with Gasteiger partial charge in [-0.1, -0.05) is 32.9 Å². The Kier molecular flexibility index (Phi) is 6.45. The van der Waals surface area contributed by atoms with Crippen LogP contribution in [0.2, 0.25) is 0 Å². The third-order valence-corrected chi connectivity index (χ3v) is 7.39. The second-order valence-electron chi connectivity index (χ2n) is 10.6. The molecule has 4 rings (SSSR count). The summed E-state index contributed by atoms with van der Waals surface area (Å²) in [5, 5.41) is 11.2. The summed E-state index contributed by atoms with van der Waals surface area (Å²) in [7, 11) is 0. The minimum absolute atomic E-state index is 0.0216. The Labute approximate surface area is 190 Å². The molecule has 1 saturated carbocycles. The number of hydrogen-bond donors (Lipinski definition) is 1. The maximum Gasteiger partial charge on any atom is 0.306 e. The van der Waals surface area contributed by atoms with Crippen LogP contribution in [-0.4, -0.2) is 41.1 Å². The Morgan fingerprint density at radius 3 is 2.16 bits per heavy atom. The Morgan fingerprint density at radius 1 is 0.906 bits per heavy atom. The third kappa shape index (κ3) is 5.08. The van der Waals surface area contributed by atoms with Gasteiger partial charge in [0.05, 0.1) is 12.0 Å². The lowest BCUT2D eigenvalue weighted by Gasteiger charge is -2.37. The van der Waals surface area contributed by atoms with E-state index in [-0.39, 0.29) is 17.9 Å². The molecular weight excluding hydrogens is 402 g/mol. The van der Waals surface area contributed by atoms with Gasteiger partial charge in [-0.15, -0.1) is 0 Å². The van der Waals surface area contributed by atoms with Crippen molar-refractivity contribution in [3.63, 3.8) is 0 Å². The van der Waals surface area contributed by atoms with Gasteiger partial charge in [-0.2, -0.15) is 0 Å². The van der Waals surface area contributed by atoms with Crippen molar-refractivity contribution in [1.82, 2.24) is 4.90 Å². The highest BCUT2D eigenvalue weighted by atomic mass is 16.5. The van der Waals surface area contributed by atoms with E-state index in [1.54, 1.807) is 4.90 Å². The first kappa shape index (κ1) is 22.6. The molecule has 32 heavy (non-hydrogen) atoms. The van der Waals surface area contributed by atoms with Crippen molar-refractivity contribution >= 4 is 22.6 Å². The Morgan fingerprint density at radius 2 is 1.53 bits per heavy atom. The quantitative estimate of drug-likeness (QED) is 0.660. The van der Waals surface area contributed by atoms with E-state index in [9.17, 15) is 9.59 Å². The number of piperidine rings is 1. The van der Waals surface area contributed by atoms with Crippen molar-refractivity contribution in [3.05, 3.63) is 42.0 Å². The van der Waals surface area contributed by atoms with Crippen LogP contribution < -0.4 is 4.74 Å². The molecular formula is C27H35NO4. The van der Waals surface area contributed by atoms with Gasteiger partial charge in [0, 0.05) is 18.7 Å². The fourth-order valence-electron chi connectivity index (χ4n) is 5.18. The first-order valence-electron chi connectivity index (χ1n) is 11.9. The summed E-state index contributed by atoms with van der Waals surface area (Å²) in [6, 6.07) is 11.9. The molecule has 1 N–H and O–H groups in total. The van der Waals surface area contributed by atoms with Crippen molar-refractivity contribution < 1.29 is 19.4 Å². The maximum absolute atomic E-state index is 12.9. The number of benzene rings is 2. The van der Waals surface area contributed by atoms with Gasteiger partial charge in [0.15, 0.2) is 0 Å². The highest BCUT2D eigenvalue weighted by molar-refractivity contribution is 5.99. The second kappa shape index (κ2) is 9.13. The molecule has 1 aliphatic carbocycles. The first-order valence-corrected chi connectivity index (χ1v) is 11.9. The van der Waals surface area contributed by atoms with Crippen molar-refractivity contribution in [3.8, 4) is 5.75 Å². The number of carbonyl (C=O) groups excluding carboxylic acids is 1. The Balaban J connectivity index is 1.38. The van der Waals surface area contributed by atoms with Crippen LogP contribution in [-0.2, 0) is 4.79 Å². The highest BCUT2D eigenvalue weighted by Gasteiger charge is 2.30. The second-order valence-corrected chi connectivity index (χ2v) is 10.6. The van der Waals surface area contributed by atoms with E-state index in [0.717, 1.165) is 35.3 Å². The lowest BCUT2D eigenvalue weighted by atomic mass is 9.72. The number of likely N-dealkylation sites (tertiary alicyclic amines) is 1. The van der Waals surface area contributed by atoms with Gasteiger partial charge in [-0.05, 0) is 84.9 Å². The zero-order chi connectivity index (χ0) is 22.9. The maximum atomic E-state index is 12.9. The topological polar surface area (TPSA) is 66.8 Å². The van der Waals surface area contributed by atoms with E-state index in [2.05, 4.69) is 26.8 Å². The Hall–Kier alpha value is -2.56. The molecule has 172 valence electrons.